The normalized spacial score (nSPS) is 14.2. The van der Waals surface area contributed by atoms with Gasteiger partial charge in [-0.05, 0) is 36.6 Å². The molecule has 0 bridgehead atoms. The summed E-state index contributed by atoms with van der Waals surface area (Å²) in [5.41, 5.74) is 1.77. The molecule has 110 valence electrons. The van der Waals surface area contributed by atoms with Crippen molar-refractivity contribution >= 4 is 0 Å². The zero-order chi connectivity index (χ0) is 14.9. The van der Waals surface area contributed by atoms with Crippen molar-refractivity contribution < 1.29 is 0 Å². The molecule has 0 aliphatic heterocycles. The first-order valence-corrected chi connectivity index (χ1v) is 7.47. The van der Waals surface area contributed by atoms with Gasteiger partial charge >= 0.3 is 5.69 Å². The minimum absolute atomic E-state index is 0.0862. The smallest absolute Gasteiger partial charge is 0.264 e. The van der Waals surface area contributed by atoms with Crippen LogP contribution in [0, 0.1) is 0 Å². The van der Waals surface area contributed by atoms with E-state index >= 15 is 0 Å². The Hall–Kier alpha value is -2.69. The molecule has 0 radical (unpaired) electrons. The van der Waals surface area contributed by atoms with Gasteiger partial charge in [-0.15, -0.1) is 0 Å². The summed E-state index contributed by atoms with van der Waals surface area (Å²) in [6, 6.07) is 13.6. The molecule has 0 N–H and O–H groups in total. The SMILES string of the molecule is O=c1n(Cc2cccnc2)nc(C2CC2)n1-c1ccccc1. The van der Waals surface area contributed by atoms with Gasteiger partial charge in [0.05, 0.1) is 12.2 Å². The van der Waals surface area contributed by atoms with Gasteiger partial charge in [0.2, 0.25) is 0 Å². The number of benzene rings is 1. The molecule has 1 saturated carbocycles. The second-order valence-electron chi connectivity index (χ2n) is 5.60. The third-order valence-electron chi connectivity index (χ3n) is 3.88. The second-order valence-corrected chi connectivity index (χ2v) is 5.60. The first kappa shape index (κ1) is 13.0. The average molecular weight is 292 g/mol. The van der Waals surface area contributed by atoms with Crippen LogP contribution < -0.4 is 5.69 Å². The highest BCUT2D eigenvalue weighted by molar-refractivity contribution is 5.33. The van der Waals surface area contributed by atoms with Crippen LogP contribution >= 0.6 is 0 Å². The molecule has 22 heavy (non-hydrogen) atoms. The van der Waals surface area contributed by atoms with Gasteiger partial charge in [0.15, 0.2) is 0 Å². The first-order valence-electron chi connectivity index (χ1n) is 7.47. The minimum atomic E-state index is -0.0862. The summed E-state index contributed by atoms with van der Waals surface area (Å²) in [5, 5.41) is 4.58. The summed E-state index contributed by atoms with van der Waals surface area (Å²) in [5.74, 6) is 1.28. The lowest BCUT2D eigenvalue weighted by molar-refractivity contribution is 0.646. The molecule has 3 aromatic rings. The molecular formula is C17H16N4O. The molecule has 1 aliphatic rings. The number of para-hydroxylation sites is 1. The number of pyridine rings is 1. The zero-order valence-electron chi connectivity index (χ0n) is 12.1. The van der Waals surface area contributed by atoms with Gasteiger partial charge < -0.3 is 0 Å². The van der Waals surface area contributed by atoms with E-state index in [-0.39, 0.29) is 5.69 Å². The molecule has 2 heterocycles. The fourth-order valence-electron chi connectivity index (χ4n) is 2.62. The van der Waals surface area contributed by atoms with E-state index in [0.29, 0.717) is 12.5 Å². The monoisotopic (exact) mass is 292 g/mol. The van der Waals surface area contributed by atoms with E-state index in [4.69, 9.17) is 0 Å². The summed E-state index contributed by atoms with van der Waals surface area (Å²) >= 11 is 0. The highest BCUT2D eigenvalue weighted by Crippen LogP contribution is 2.39. The van der Waals surface area contributed by atoms with Crippen LogP contribution in [0.25, 0.3) is 5.69 Å². The lowest BCUT2D eigenvalue weighted by Crippen LogP contribution is -2.24. The van der Waals surface area contributed by atoms with Crippen molar-refractivity contribution in [2.45, 2.75) is 25.3 Å². The molecule has 5 nitrogen and oxygen atoms in total. The van der Waals surface area contributed by atoms with Gasteiger partial charge in [0, 0.05) is 18.3 Å². The van der Waals surface area contributed by atoms with Crippen LogP contribution in [0.4, 0.5) is 0 Å². The number of rotatable bonds is 4. The maximum Gasteiger partial charge on any atom is 0.350 e. The first-order chi connectivity index (χ1) is 10.8. The van der Waals surface area contributed by atoms with E-state index < -0.39 is 0 Å². The Balaban J connectivity index is 1.80. The second kappa shape index (κ2) is 5.26. The lowest BCUT2D eigenvalue weighted by atomic mass is 10.3. The molecule has 1 aliphatic carbocycles. The Morgan fingerprint density at radius 3 is 2.59 bits per heavy atom. The highest BCUT2D eigenvalue weighted by Gasteiger charge is 2.31. The van der Waals surface area contributed by atoms with E-state index in [1.54, 1.807) is 17.0 Å². The van der Waals surface area contributed by atoms with Gasteiger partial charge in [-0.1, -0.05) is 24.3 Å². The maximum atomic E-state index is 12.8. The third-order valence-corrected chi connectivity index (χ3v) is 3.88. The largest absolute Gasteiger partial charge is 0.350 e. The molecule has 5 heteroatoms. The van der Waals surface area contributed by atoms with Crippen LogP contribution in [-0.4, -0.2) is 19.3 Å². The summed E-state index contributed by atoms with van der Waals surface area (Å²) in [6.45, 7) is 0.451. The van der Waals surface area contributed by atoms with Crippen LogP contribution in [0.5, 0.6) is 0 Å². The predicted octanol–water partition coefficient (Wildman–Crippen LogP) is 2.35. The van der Waals surface area contributed by atoms with E-state index in [9.17, 15) is 4.79 Å². The van der Waals surface area contributed by atoms with Crippen molar-refractivity contribution in [3.8, 4) is 5.69 Å². The van der Waals surface area contributed by atoms with Gasteiger partial charge in [0.1, 0.15) is 5.82 Å². The maximum absolute atomic E-state index is 12.8. The standard InChI is InChI=1S/C17H16N4O/c22-17-20(12-13-5-4-10-18-11-13)19-16(14-8-9-14)21(17)15-6-2-1-3-7-15/h1-7,10-11,14H,8-9,12H2. The van der Waals surface area contributed by atoms with E-state index in [0.717, 1.165) is 29.9 Å². The molecule has 0 saturated heterocycles. The van der Waals surface area contributed by atoms with Gasteiger partial charge in [-0.2, -0.15) is 5.10 Å². The highest BCUT2D eigenvalue weighted by atomic mass is 16.2. The van der Waals surface area contributed by atoms with Gasteiger partial charge in [0.25, 0.3) is 0 Å². The van der Waals surface area contributed by atoms with Crippen LogP contribution in [0.15, 0.2) is 59.7 Å². The third kappa shape index (κ3) is 2.35. The summed E-state index contributed by atoms with van der Waals surface area (Å²) in [6.07, 6.45) is 5.71. The fourth-order valence-corrected chi connectivity index (χ4v) is 2.62. The van der Waals surface area contributed by atoms with Crippen LogP contribution in [0.2, 0.25) is 0 Å². The number of hydrogen-bond acceptors (Lipinski definition) is 3. The van der Waals surface area contributed by atoms with Crippen molar-refractivity contribution in [2.75, 3.05) is 0 Å². The average Bonchev–Trinajstić information content (AvgIpc) is 3.35. The molecule has 0 atom stereocenters. The van der Waals surface area contributed by atoms with Crippen LogP contribution in [0.3, 0.4) is 0 Å². The van der Waals surface area contributed by atoms with Crippen LogP contribution in [-0.2, 0) is 6.54 Å². The van der Waals surface area contributed by atoms with E-state index in [2.05, 4.69) is 10.1 Å². The molecule has 0 spiro atoms. The van der Waals surface area contributed by atoms with Crippen molar-refractivity contribution in [3.05, 3.63) is 76.7 Å². The van der Waals surface area contributed by atoms with Crippen LogP contribution in [0.1, 0.15) is 30.1 Å². The van der Waals surface area contributed by atoms with E-state index in [1.165, 1.54) is 4.68 Å². The Labute approximate surface area is 127 Å². The van der Waals surface area contributed by atoms with Gasteiger partial charge in [-0.25, -0.2) is 14.0 Å². The molecule has 0 unspecified atom stereocenters. The summed E-state index contributed by atoms with van der Waals surface area (Å²) < 4.78 is 3.28. The van der Waals surface area contributed by atoms with Crippen molar-refractivity contribution in [1.82, 2.24) is 19.3 Å². The summed E-state index contributed by atoms with van der Waals surface area (Å²) in [4.78, 5) is 16.9. The van der Waals surface area contributed by atoms with Crippen molar-refractivity contribution in [1.29, 1.82) is 0 Å². The molecule has 1 aromatic carbocycles. The Morgan fingerprint density at radius 2 is 1.91 bits per heavy atom. The number of aromatic nitrogens is 4. The minimum Gasteiger partial charge on any atom is -0.264 e. The molecule has 0 amide bonds. The van der Waals surface area contributed by atoms with Crippen molar-refractivity contribution in [3.63, 3.8) is 0 Å². The quantitative estimate of drug-likeness (QED) is 0.741. The molecule has 4 rings (SSSR count). The Kier molecular flexibility index (Phi) is 3.11. The lowest BCUT2D eigenvalue weighted by Gasteiger charge is -2.03. The number of nitrogens with zero attached hydrogens (tertiary/aromatic N) is 4. The molecule has 1 fully saturated rings. The van der Waals surface area contributed by atoms with Crippen molar-refractivity contribution in [2.24, 2.45) is 0 Å². The number of hydrogen-bond donors (Lipinski definition) is 0. The topological polar surface area (TPSA) is 52.7 Å². The predicted molar refractivity (Wildman–Crippen MR) is 83.1 cm³/mol. The van der Waals surface area contributed by atoms with E-state index in [1.807, 2.05) is 42.5 Å². The fraction of sp³-hybridized carbons (Fsp3) is 0.235. The molecular weight excluding hydrogens is 276 g/mol. The Bertz CT molecular complexity index is 832. The summed E-state index contributed by atoms with van der Waals surface area (Å²) in [7, 11) is 0. The zero-order valence-corrected chi connectivity index (χ0v) is 12.1. The van der Waals surface area contributed by atoms with Gasteiger partial charge in [-0.3, -0.25) is 4.98 Å². The Morgan fingerprint density at radius 1 is 1.09 bits per heavy atom. The molecule has 2 aromatic heterocycles.